The first-order valence-corrected chi connectivity index (χ1v) is 4.38. The van der Waals surface area contributed by atoms with E-state index < -0.39 is 0 Å². The molecule has 1 heterocycles. The van der Waals surface area contributed by atoms with Gasteiger partial charge in [0, 0.05) is 19.8 Å². The lowest BCUT2D eigenvalue weighted by molar-refractivity contribution is 0.780. The number of terminal acetylenes is 1. The number of nitrogens with one attached hydrogen (secondary N) is 1. The predicted molar refractivity (Wildman–Crippen MR) is 56.9 cm³/mol. The highest BCUT2D eigenvalue weighted by molar-refractivity contribution is 5.36. The molecule has 1 rings (SSSR count). The number of rotatable bonds is 4. The Morgan fingerprint density at radius 3 is 3.00 bits per heavy atom. The quantitative estimate of drug-likeness (QED) is 0.692. The third kappa shape index (κ3) is 2.71. The number of nitrogens with zero attached hydrogens (tertiary/aromatic N) is 3. The van der Waals surface area contributed by atoms with E-state index in [1.165, 1.54) is 0 Å². The van der Waals surface area contributed by atoms with Crippen molar-refractivity contribution >= 4 is 5.82 Å². The lowest BCUT2D eigenvalue weighted by atomic mass is 10.4. The highest BCUT2D eigenvalue weighted by atomic mass is 15.2. The molecule has 0 saturated heterocycles. The van der Waals surface area contributed by atoms with Gasteiger partial charge in [0.1, 0.15) is 5.82 Å². The van der Waals surface area contributed by atoms with E-state index in [-0.39, 0.29) is 0 Å². The van der Waals surface area contributed by atoms with Gasteiger partial charge in [0.25, 0.3) is 0 Å². The van der Waals surface area contributed by atoms with Crippen LogP contribution < -0.4 is 10.2 Å². The van der Waals surface area contributed by atoms with Crippen molar-refractivity contribution in [3.8, 4) is 12.3 Å². The summed E-state index contributed by atoms with van der Waals surface area (Å²) in [7, 11) is 3.77. The third-order valence-corrected chi connectivity index (χ3v) is 1.75. The van der Waals surface area contributed by atoms with E-state index >= 15 is 0 Å². The monoisotopic (exact) mass is 190 g/mol. The van der Waals surface area contributed by atoms with E-state index in [1.807, 2.05) is 19.0 Å². The van der Waals surface area contributed by atoms with Gasteiger partial charge in [-0.1, -0.05) is 5.92 Å². The molecule has 0 aromatic carbocycles. The van der Waals surface area contributed by atoms with E-state index in [4.69, 9.17) is 6.42 Å². The van der Waals surface area contributed by atoms with Crippen LogP contribution in [0, 0.1) is 12.3 Å². The molecule has 4 nitrogen and oxygen atoms in total. The smallest absolute Gasteiger partial charge is 0.147 e. The maximum atomic E-state index is 5.21. The van der Waals surface area contributed by atoms with E-state index in [0.29, 0.717) is 13.1 Å². The van der Waals surface area contributed by atoms with Crippen molar-refractivity contribution in [1.82, 2.24) is 15.3 Å². The zero-order valence-corrected chi connectivity index (χ0v) is 8.49. The molecule has 14 heavy (non-hydrogen) atoms. The molecule has 0 unspecified atom stereocenters. The molecule has 1 N–H and O–H groups in total. The Morgan fingerprint density at radius 1 is 1.57 bits per heavy atom. The Morgan fingerprint density at radius 2 is 2.36 bits per heavy atom. The Balaban J connectivity index is 2.78. The summed E-state index contributed by atoms with van der Waals surface area (Å²) in [4.78, 5) is 10.4. The minimum Gasteiger partial charge on any atom is -0.347 e. The van der Waals surface area contributed by atoms with E-state index in [9.17, 15) is 0 Å². The molecular formula is C10H14N4. The van der Waals surface area contributed by atoms with Gasteiger partial charge in [0.2, 0.25) is 0 Å². The summed E-state index contributed by atoms with van der Waals surface area (Å²) in [6, 6.07) is 0. The molecular weight excluding hydrogens is 176 g/mol. The average Bonchev–Trinajstić information content (AvgIpc) is 2.19. The van der Waals surface area contributed by atoms with Gasteiger partial charge in [-0.15, -0.1) is 6.42 Å². The minimum atomic E-state index is 0.539. The van der Waals surface area contributed by atoms with Crippen molar-refractivity contribution in [3.05, 3.63) is 18.1 Å². The lowest BCUT2D eigenvalue weighted by Crippen LogP contribution is -2.19. The molecule has 0 radical (unpaired) electrons. The first kappa shape index (κ1) is 10.5. The van der Waals surface area contributed by atoms with Gasteiger partial charge < -0.3 is 10.2 Å². The number of anilines is 1. The summed E-state index contributed by atoms with van der Waals surface area (Å²) in [5.41, 5.74) is 0.911. The Hall–Kier alpha value is -1.60. The van der Waals surface area contributed by atoms with Gasteiger partial charge in [0.05, 0.1) is 18.4 Å². The zero-order valence-electron chi connectivity index (χ0n) is 8.49. The van der Waals surface area contributed by atoms with Crippen LogP contribution in [0.5, 0.6) is 0 Å². The van der Waals surface area contributed by atoms with Crippen molar-refractivity contribution in [2.75, 3.05) is 25.5 Å². The molecule has 4 heteroatoms. The van der Waals surface area contributed by atoms with Crippen molar-refractivity contribution in [2.24, 2.45) is 0 Å². The summed E-state index contributed by atoms with van der Waals surface area (Å²) in [5, 5.41) is 3.02. The normalized spacial score (nSPS) is 9.50. The average molecular weight is 190 g/mol. The molecule has 0 spiro atoms. The fraction of sp³-hybridized carbons (Fsp3) is 0.400. The van der Waals surface area contributed by atoms with Crippen LogP contribution in [0.3, 0.4) is 0 Å². The number of hydrogen-bond donors (Lipinski definition) is 1. The molecule has 74 valence electrons. The standard InChI is InChI=1S/C10H14N4/c1-4-5-14(3)10-8-12-7-9(13-10)6-11-2/h1,7-8,11H,5-6H2,2-3H3. The van der Waals surface area contributed by atoms with Gasteiger partial charge >= 0.3 is 0 Å². The summed E-state index contributed by atoms with van der Waals surface area (Å²) >= 11 is 0. The maximum Gasteiger partial charge on any atom is 0.147 e. The SMILES string of the molecule is C#CCN(C)c1cncc(CNC)n1. The van der Waals surface area contributed by atoms with Gasteiger partial charge in [-0.2, -0.15) is 0 Å². The number of aromatic nitrogens is 2. The molecule has 1 aromatic heterocycles. The second-order valence-corrected chi connectivity index (χ2v) is 2.96. The van der Waals surface area contributed by atoms with E-state index in [0.717, 1.165) is 11.5 Å². The van der Waals surface area contributed by atoms with Gasteiger partial charge in [-0.3, -0.25) is 4.98 Å². The van der Waals surface area contributed by atoms with Crippen molar-refractivity contribution < 1.29 is 0 Å². The van der Waals surface area contributed by atoms with Crippen LogP contribution in [0.15, 0.2) is 12.4 Å². The fourth-order valence-electron chi connectivity index (χ4n) is 1.06. The van der Waals surface area contributed by atoms with Crippen LogP contribution in [0.25, 0.3) is 0 Å². The van der Waals surface area contributed by atoms with Crippen molar-refractivity contribution in [3.63, 3.8) is 0 Å². The highest BCUT2D eigenvalue weighted by Crippen LogP contribution is 2.06. The van der Waals surface area contributed by atoms with E-state index in [2.05, 4.69) is 21.2 Å². The molecule has 0 aliphatic heterocycles. The van der Waals surface area contributed by atoms with Gasteiger partial charge in [0.15, 0.2) is 0 Å². The molecule has 0 aliphatic rings. The maximum absolute atomic E-state index is 5.21. The Bertz CT molecular complexity index is 329. The molecule has 0 saturated carbocycles. The van der Waals surface area contributed by atoms with Gasteiger partial charge in [-0.25, -0.2) is 4.98 Å². The van der Waals surface area contributed by atoms with Crippen LogP contribution in [-0.4, -0.2) is 30.6 Å². The Labute approximate surface area is 84.4 Å². The summed E-state index contributed by atoms with van der Waals surface area (Å²) in [6.45, 7) is 1.25. The Kier molecular flexibility index (Phi) is 3.89. The molecule has 0 fully saturated rings. The lowest BCUT2D eigenvalue weighted by Gasteiger charge is -2.14. The first-order valence-electron chi connectivity index (χ1n) is 4.38. The molecule has 0 amide bonds. The van der Waals surface area contributed by atoms with Crippen molar-refractivity contribution in [2.45, 2.75) is 6.54 Å². The van der Waals surface area contributed by atoms with E-state index in [1.54, 1.807) is 12.4 Å². The van der Waals surface area contributed by atoms with Crippen molar-refractivity contribution in [1.29, 1.82) is 0 Å². The second kappa shape index (κ2) is 5.20. The fourth-order valence-corrected chi connectivity index (χ4v) is 1.06. The van der Waals surface area contributed by atoms with Crippen LogP contribution in [-0.2, 0) is 6.54 Å². The summed E-state index contributed by atoms with van der Waals surface area (Å²) in [6.07, 6.45) is 8.66. The summed E-state index contributed by atoms with van der Waals surface area (Å²) < 4.78 is 0. The molecule has 1 aromatic rings. The molecule has 0 aliphatic carbocycles. The van der Waals surface area contributed by atoms with Crippen LogP contribution in [0.1, 0.15) is 5.69 Å². The van der Waals surface area contributed by atoms with Crippen LogP contribution in [0.4, 0.5) is 5.82 Å². The topological polar surface area (TPSA) is 41.1 Å². The molecule has 0 bridgehead atoms. The third-order valence-electron chi connectivity index (χ3n) is 1.75. The first-order chi connectivity index (χ1) is 6.77. The van der Waals surface area contributed by atoms with Gasteiger partial charge in [-0.05, 0) is 7.05 Å². The number of hydrogen-bond acceptors (Lipinski definition) is 4. The minimum absolute atomic E-state index is 0.539. The highest BCUT2D eigenvalue weighted by Gasteiger charge is 2.01. The van der Waals surface area contributed by atoms with Crippen LogP contribution in [0.2, 0.25) is 0 Å². The van der Waals surface area contributed by atoms with Crippen LogP contribution >= 0.6 is 0 Å². The largest absolute Gasteiger partial charge is 0.347 e. The predicted octanol–water partition coefficient (Wildman–Crippen LogP) is 0.265. The second-order valence-electron chi connectivity index (χ2n) is 2.96. The zero-order chi connectivity index (χ0) is 10.4. The molecule has 0 atom stereocenters. The summed E-state index contributed by atoms with van der Waals surface area (Å²) in [5.74, 6) is 3.36.